The maximum atomic E-state index is 13.4. The zero-order valence-corrected chi connectivity index (χ0v) is 18.8. The third kappa shape index (κ3) is 4.66. The molecule has 0 radical (unpaired) electrons. The molecule has 1 aliphatic heterocycles. The van der Waals surface area contributed by atoms with E-state index in [-0.39, 0.29) is 24.5 Å². The van der Waals surface area contributed by atoms with Crippen molar-refractivity contribution in [2.75, 3.05) is 13.1 Å². The van der Waals surface area contributed by atoms with E-state index in [1.807, 2.05) is 72.8 Å². The van der Waals surface area contributed by atoms with Crippen LogP contribution in [0.4, 0.5) is 0 Å². The Hall–Kier alpha value is -4.06. The predicted octanol–water partition coefficient (Wildman–Crippen LogP) is 5.05. The molecule has 172 valence electrons. The lowest BCUT2D eigenvalue weighted by Gasteiger charge is -2.32. The molecule has 0 atom stereocenters. The zero-order valence-electron chi connectivity index (χ0n) is 18.8. The minimum atomic E-state index is -0.143. The summed E-state index contributed by atoms with van der Waals surface area (Å²) in [4.78, 5) is 27.7. The van der Waals surface area contributed by atoms with E-state index in [4.69, 9.17) is 9.15 Å². The van der Waals surface area contributed by atoms with Crippen LogP contribution in [0, 0.1) is 0 Å². The fourth-order valence-corrected chi connectivity index (χ4v) is 4.32. The molecule has 0 spiro atoms. The van der Waals surface area contributed by atoms with E-state index in [0.717, 1.165) is 16.7 Å². The lowest BCUT2D eigenvalue weighted by molar-refractivity contribution is 0.0666. The molecular formula is C28H26N2O4. The SMILES string of the molecule is O=C(NC1CCN(C(=O)c2oc3ccccc3c2COc2ccccc2)CC1)c1ccccc1. The first-order chi connectivity index (χ1) is 16.7. The Morgan fingerprint density at radius 1 is 0.882 bits per heavy atom. The zero-order chi connectivity index (χ0) is 23.3. The molecule has 1 fully saturated rings. The number of carbonyl (C=O) groups is 2. The molecule has 0 aliphatic carbocycles. The molecule has 1 N–H and O–H groups in total. The molecule has 6 heteroatoms. The van der Waals surface area contributed by atoms with Gasteiger partial charge in [0, 0.05) is 35.6 Å². The molecule has 2 heterocycles. The van der Waals surface area contributed by atoms with Crippen LogP contribution >= 0.6 is 0 Å². The van der Waals surface area contributed by atoms with E-state index in [0.29, 0.717) is 42.8 Å². The highest BCUT2D eigenvalue weighted by atomic mass is 16.5. The third-order valence-electron chi connectivity index (χ3n) is 6.17. The molecule has 0 bridgehead atoms. The van der Waals surface area contributed by atoms with Crippen LogP contribution in [-0.2, 0) is 6.61 Å². The highest BCUT2D eigenvalue weighted by molar-refractivity contribution is 5.99. The van der Waals surface area contributed by atoms with Crippen LogP contribution in [0.25, 0.3) is 11.0 Å². The monoisotopic (exact) mass is 454 g/mol. The minimum Gasteiger partial charge on any atom is -0.489 e. The summed E-state index contributed by atoms with van der Waals surface area (Å²) in [5.41, 5.74) is 2.07. The largest absolute Gasteiger partial charge is 0.489 e. The van der Waals surface area contributed by atoms with Crippen molar-refractivity contribution in [1.82, 2.24) is 10.2 Å². The van der Waals surface area contributed by atoms with Gasteiger partial charge in [-0.05, 0) is 43.2 Å². The second-order valence-electron chi connectivity index (χ2n) is 8.41. The summed E-state index contributed by atoms with van der Waals surface area (Å²) in [5, 5.41) is 3.97. The predicted molar refractivity (Wildman–Crippen MR) is 130 cm³/mol. The van der Waals surface area contributed by atoms with E-state index in [2.05, 4.69) is 5.32 Å². The first-order valence-electron chi connectivity index (χ1n) is 11.5. The fraction of sp³-hybridized carbons (Fsp3) is 0.214. The molecule has 0 unspecified atom stereocenters. The Morgan fingerprint density at radius 3 is 2.26 bits per heavy atom. The van der Waals surface area contributed by atoms with Crippen molar-refractivity contribution in [3.8, 4) is 5.75 Å². The smallest absolute Gasteiger partial charge is 0.290 e. The molecule has 2 amide bonds. The van der Waals surface area contributed by atoms with Gasteiger partial charge in [-0.2, -0.15) is 0 Å². The number of furan rings is 1. The van der Waals surface area contributed by atoms with Gasteiger partial charge in [-0.1, -0.05) is 54.6 Å². The second-order valence-corrected chi connectivity index (χ2v) is 8.41. The maximum Gasteiger partial charge on any atom is 0.290 e. The van der Waals surface area contributed by atoms with Crippen LogP contribution in [0.2, 0.25) is 0 Å². The van der Waals surface area contributed by atoms with Crippen LogP contribution in [0.15, 0.2) is 89.3 Å². The van der Waals surface area contributed by atoms with Crippen LogP contribution in [0.5, 0.6) is 5.75 Å². The quantitative estimate of drug-likeness (QED) is 0.443. The van der Waals surface area contributed by atoms with Crippen LogP contribution in [-0.4, -0.2) is 35.8 Å². The van der Waals surface area contributed by atoms with E-state index < -0.39 is 0 Å². The number of nitrogens with one attached hydrogen (secondary N) is 1. The number of amides is 2. The van der Waals surface area contributed by atoms with Gasteiger partial charge in [-0.15, -0.1) is 0 Å². The Kier molecular flexibility index (Phi) is 6.29. The molecular weight excluding hydrogens is 428 g/mol. The van der Waals surface area contributed by atoms with Gasteiger partial charge in [0.25, 0.3) is 11.8 Å². The van der Waals surface area contributed by atoms with Crippen molar-refractivity contribution < 1.29 is 18.7 Å². The number of carbonyl (C=O) groups excluding carboxylic acids is 2. The lowest BCUT2D eigenvalue weighted by atomic mass is 10.0. The summed E-state index contributed by atoms with van der Waals surface area (Å²) in [6.45, 7) is 1.34. The first-order valence-corrected chi connectivity index (χ1v) is 11.5. The van der Waals surface area contributed by atoms with E-state index in [1.165, 1.54) is 0 Å². The average molecular weight is 455 g/mol. The molecule has 6 nitrogen and oxygen atoms in total. The molecule has 3 aromatic carbocycles. The van der Waals surface area contributed by atoms with Gasteiger partial charge in [-0.3, -0.25) is 9.59 Å². The third-order valence-corrected chi connectivity index (χ3v) is 6.17. The number of hydrogen-bond donors (Lipinski definition) is 1. The fourth-order valence-electron chi connectivity index (χ4n) is 4.32. The Morgan fingerprint density at radius 2 is 1.53 bits per heavy atom. The van der Waals surface area contributed by atoms with Gasteiger partial charge in [0.2, 0.25) is 0 Å². The van der Waals surface area contributed by atoms with Crippen molar-refractivity contribution in [1.29, 1.82) is 0 Å². The number of benzene rings is 3. The van der Waals surface area contributed by atoms with Crippen molar-refractivity contribution in [3.63, 3.8) is 0 Å². The molecule has 0 saturated carbocycles. The normalized spacial score (nSPS) is 14.2. The number of para-hydroxylation sites is 2. The number of ether oxygens (including phenoxy) is 1. The summed E-state index contributed by atoms with van der Waals surface area (Å²) in [6, 6.07) is 26.4. The highest BCUT2D eigenvalue weighted by Gasteiger charge is 2.29. The van der Waals surface area contributed by atoms with Gasteiger partial charge in [0.05, 0.1) is 0 Å². The number of piperidine rings is 1. The van der Waals surface area contributed by atoms with Gasteiger partial charge < -0.3 is 19.4 Å². The second kappa shape index (κ2) is 9.83. The summed E-state index contributed by atoms with van der Waals surface area (Å²) in [5.74, 6) is 0.837. The number of hydrogen-bond acceptors (Lipinski definition) is 4. The molecule has 34 heavy (non-hydrogen) atoms. The van der Waals surface area contributed by atoms with Crippen LogP contribution < -0.4 is 10.1 Å². The number of rotatable bonds is 6. The van der Waals surface area contributed by atoms with Gasteiger partial charge >= 0.3 is 0 Å². The molecule has 1 saturated heterocycles. The van der Waals surface area contributed by atoms with Crippen molar-refractivity contribution >= 4 is 22.8 Å². The number of fused-ring (bicyclic) bond motifs is 1. The topological polar surface area (TPSA) is 71.8 Å². The molecule has 5 rings (SSSR count). The van der Waals surface area contributed by atoms with E-state index >= 15 is 0 Å². The molecule has 1 aliphatic rings. The molecule has 4 aromatic rings. The van der Waals surface area contributed by atoms with Crippen molar-refractivity contribution in [3.05, 3.63) is 102 Å². The Labute approximate surface area is 198 Å². The van der Waals surface area contributed by atoms with Crippen molar-refractivity contribution in [2.24, 2.45) is 0 Å². The highest BCUT2D eigenvalue weighted by Crippen LogP contribution is 2.29. The standard InChI is InChI=1S/C28H26N2O4/c31-27(20-9-3-1-4-10-20)29-21-15-17-30(18-16-21)28(32)26-24(19-33-22-11-5-2-6-12-22)23-13-7-8-14-25(23)34-26/h1-14,21H,15-19H2,(H,29,31). The van der Waals surface area contributed by atoms with E-state index in [1.54, 1.807) is 17.0 Å². The van der Waals surface area contributed by atoms with E-state index in [9.17, 15) is 9.59 Å². The maximum absolute atomic E-state index is 13.4. The number of likely N-dealkylation sites (tertiary alicyclic amines) is 1. The van der Waals surface area contributed by atoms with Gasteiger partial charge in [0.15, 0.2) is 5.76 Å². The summed E-state index contributed by atoms with van der Waals surface area (Å²) in [6.07, 6.45) is 1.39. The van der Waals surface area contributed by atoms with Crippen LogP contribution in [0.3, 0.4) is 0 Å². The van der Waals surface area contributed by atoms with Crippen molar-refractivity contribution in [2.45, 2.75) is 25.5 Å². The number of nitrogens with zero attached hydrogens (tertiary/aromatic N) is 1. The van der Waals surface area contributed by atoms with Gasteiger partial charge in [-0.25, -0.2) is 0 Å². The van der Waals surface area contributed by atoms with Gasteiger partial charge in [0.1, 0.15) is 17.9 Å². The average Bonchev–Trinajstić information content (AvgIpc) is 3.27. The first kappa shape index (κ1) is 21.8. The minimum absolute atomic E-state index is 0.0355. The summed E-state index contributed by atoms with van der Waals surface area (Å²) in [7, 11) is 0. The summed E-state index contributed by atoms with van der Waals surface area (Å²) < 4.78 is 12.0. The Bertz CT molecular complexity index is 1280. The summed E-state index contributed by atoms with van der Waals surface area (Å²) >= 11 is 0. The Balaban J connectivity index is 1.28. The van der Waals surface area contributed by atoms with Crippen LogP contribution in [0.1, 0.15) is 39.3 Å². The molecule has 1 aromatic heterocycles. The lowest BCUT2D eigenvalue weighted by Crippen LogP contribution is -2.46.